The van der Waals surface area contributed by atoms with E-state index in [4.69, 9.17) is 9.97 Å². The normalized spacial score (nSPS) is 12.1. The largest absolute Gasteiger partial charge is 0.310 e. The molecule has 0 spiro atoms. The van der Waals surface area contributed by atoms with Crippen molar-refractivity contribution in [1.82, 2.24) is 19.1 Å². The molecule has 18 rings (SSSR count). The first-order chi connectivity index (χ1) is 43.1. The van der Waals surface area contributed by atoms with Crippen LogP contribution in [0.2, 0.25) is 0 Å². The second-order valence-electron chi connectivity index (χ2n) is 23.2. The Morgan fingerprint density at radius 3 is 0.943 bits per heavy atom. The maximum atomic E-state index is 5.84. The van der Waals surface area contributed by atoms with Gasteiger partial charge in [0.1, 0.15) is 0 Å². The van der Waals surface area contributed by atoms with Crippen molar-refractivity contribution in [2.45, 2.75) is 0 Å². The van der Waals surface area contributed by atoms with E-state index in [-0.39, 0.29) is 6.71 Å². The number of nitrogens with zero attached hydrogens (tertiary/aromatic N) is 4. The van der Waals surface area contributed by atoms with Gasteiger partial charge in [-0.25, -0.2) is 9.97 Å². The summed E-state index contributed by atoms with van der Waals surface area (Å²) in [4.78, 5) is 11.6. The maximum absolute atomic E-state index is 5.84. The molecule has 5 heterocycles. The molecule has 16 aromatic rings. The number of benzene rings is 13. The zero-order valence-electron chi connectivity index (χ0n) is 47.3. The van der Waals surface area contributed by atoms with Crippen molar-refractivity contribution in [3.8, 4) is 112 Å². The van der Waals surface area contributed by atoms with Crippen LogP contribution in [-0.2, 0) is 0 Å². The van der Waals surface area contributed by atoms with Crippen molar-refractivity contribution in [1.29, 1.82) is 0 Å². The lowest BCUT2D eigenvalue weighted by atomic mass is 9.34. The first kappa shape index (κ1) is 49.1. The van der Waals surface area contributed by atoms with E-state index in [0.29, 0.717) is 5.82 Å². The van der Waals surface area contributed by atoms with Crippen LogP contribution in [0.25, 0.3) is 156 Å². The third-order valence-electron chi connectivity index (χ3n) is 18.3. The SMILES string of the molecule is c1ccc(-c2cc(-c3ccccc3)cc(-c3cc(-c4cc5c6c(c4)-n4c7ccc(-c8ccccc8)cc7c7cccc(c74)B6c4cccc6c7cc(-c8ccccc8)ccc7n-5c46)nc(-c4cc(-c5ccccc5)cc(-c5ccccc5)c4)n3)c2)cc1. The number of fused-ring (bicyclic) bond motifs is 10. The number of para-hydroxylation sites is 2. The lowest BCUT2D eigenvalue weighted by Crippen LogP contribution is -2.59. The van der Waals surface area contributed by atoms with Crippen LogP contribution in [-0.4, -0.2) is 25.8 Å². The molecule has 13 aromatic carbocycles. The van der Waals surface area contributed by atoms with Gasteiger partial charge in [0, 0.05) is 60.6 Å². The summed E-state index contributed by atoms with van der Waals surface area (Å²) in [5.74, 6) is 0.647. The van der Waals surface area contributed by atoms with Crippen molar-refractivity contribution in [2.24, 2.45) is 0 Å². The predicted octanol–water partition coefficient (Wildman–Crippen LogP) is 18.8. The summed E-state index contributed by atoms with van der Waals surface area (Å²) < 4.78 is 5.15. The highest BCUT2D eigenvalue weighted by molar-refractivity contribution is 7.00. The molecule has 0 atom stereocenters. The Labute approximate surface area is 504 Å². The smallest absolute Gasteiger partial charge is 0.252 e. The van der Waals surface area contributed by atoms with Gasteiger partial charge >= 0.3 is 0 Å². The van der Waals surface area contributed by atoms with E-state index in [1.807, 2.05) is 0 Å². The molecule has 0 amide bonds. The predicted molar refractivity (Wildman–Crippen MR) is 364 cm³/mol. The van der Waals surface area contributed by atoms with E-state index < -0.39 is 0 Å². The van der Waals surface area contributed by atoms with E-state index in [2.05, 4.69) is 319 Å². The molecule has 0 saturated heterocycles. The highest BCUT2D eigenvalue weighted by atomic mass is 15.0. The molecular formula is C82H51BN4. The van der Waals surface area contributed by atoms with Gasteiger partial charge in [0.25, 0.3) is 6.71 Å². The molecule has 0 saturated carbocycles. The van der Waals surface area contributed by atoms with Crippen molar-refractivity contribution in [3.63, 3.8) is 0 Å². The standard InChI is InChI=1S/C82H51BN4/c1-7-21-52(22-8-1)58-37-39-75-69(47-58)67-33-19-35-71-80(67)86(75)77-49-65(50-78-79(77)83(71)72-36-20-34-68-70-48-59(53-23-9-2-10-24-53)38-40-76(70)87(78)81(68)72)74-51-73(64-43-60(54-25-11-3-12-26-54)41-61(44-64)55-27-13-4-14-28-55)84-82(85-74)66-45-62(56-29-15-5-16-30-56)42-63(46-66)57-31-17-6-18-32-57/h1-51H. The second-order valence-corrected chi connectivity index (χ2v) is 23.2. The molecule has 3 aromatic heterocycles. The first-order valence-corrected chi connectivity index (χ1v) is 30.0. The Morgan fingerprint density at radius 1 is 0.230 bits per heavy atom. The Morgan fingerprint density at radius 2 is 0.563 bits per heavy atom. The van der Waals surface area contributed by atoms with Gasteiger partial charge in [-0.3, -0.25) is 0 Å². The van der Waals surface area contributed by atoms with Crippen molar-refractivity contribution < 1.29 is 0 Å². The van der Waals surface area contributed by atoms with Gasteiger partial charge in [0.15, 0.2) is 5.82 Å². The molecule has 0 fully saturated rings. The number of hydrogen-bond acceptors (Lipinski definition) is 2. The van der Waals surface area contributed by atoms with Crippen LogP contribution in [0.3, 0.4) is 0 Å². The molecule has 0 bridgehead atoms. The summed E-state index contributed by atoms with van der Waals surface area (Å²) in [6, 6.07) is 113. The van der Waals surface area contributed by atoms with Crippen LogP contribution < -0.4 is 16.4 Å². The summed E-state index contributed by atoms with van der Waals surface area (Å²) in [7, 11) is 0. The van der Waals surface area contributed by atoms with E-state index >= 15 is 0 Å². The van der Waals surface area contributed by atoms with Crippen LogP contribution in [0.15, 0.2) is 309 Å². The molecule has 5 heteroatoms. The Kier molecular flexibility index (Phi) is 11.1. The number of hydrogen-bond donors (Lipinski definition) is 0. The fourth-order valence-electron chi connectivity index (χ4n) is 14.3. The van der Waals surface area contributed by atoms with Gasteiger partial charge in [-0.2, -0.15) is 0 Å². The number of rotatable bonds is 9. The molecule has 2 aliphatic rings. The highest BCUT2D eigenvalue weighted by Gasteiger charge is 2.41. The average molecular weight is 1100 g/mol. The van der Waals surface area contributed by atoms with Crippen molar-refractivity contribution >= 4 is 66.7 Å². The van der Waals surface area contributed by atoms with Gasteiger partial charge in [-0.15, -0.1) is 0 Å². The van der Waals surface area contributed by atoms with Crippen LogP contribution in [0.5, 0.6) is 0 Å². The summed E-state index contributed by atoms with van der Waals surface area (Å²) in [6.07, 6.45) is 0. The van der Waals surface area contributed by atoms with Crippen molar-refractivity contribution in [3.05, 3.63) is 309 Å². The molecule has 402 valence electrons. The van der Waals surface area contributed by atoms with E-state index in [1.54, 1.807) is 0 Å². The Balaban J connectivity index is 0.948. The molecule has 2 aliphatic heterocycles. The quantitative estimate of drug-likeness (QED) is 0.135. The summed E-state index contributed by atoms with van der Waals surface area (Å²) in [5.41, 5.74) is 29.4. The average Bonchev–Trinajstić information content (AvgIpc) is 1.59. The zero-order chi connectivity index (χ0) is 57.1. The maximum Gasteiger partial charge on any atom is 0.252 e. The van der Waals surface area contributed by atoms with Crippen molar-refractivity contribution in [2.75, 3.05) is 0 Å². The van der Waals surface area contributed by atoms with Crippen LogP contribution in [0, 0.1) is 0 Å². The number of aromatic nitrogens is 4. The third kappa shape index (κ3) is 7.94. The topological polar surface area (TPSA) is 35.6 Å². The zero-order valence-corrected chi connectivity index (χ0v) is 47.3. The lowest BCUT2D eigenvalue weighted by molar-refractivity contribution is 1.14. The van der Waals surface area contributed by atoms with E-state index in [0.717, 1.165) is 84.0 Å². The fourth-order valence-corrected chi connectivity index (χ4v) is 14.3. The van der Waals surface area contributed by atoms with Crippen LogP contribution in [0.1, 0.15) is 0 Å². The molecule has 0 aliphatic carbocycles. The van der Waals surface area contributed by atoms with Gasteiger partial charge in [-0.05, 0) is 162 Å². The Hall–Kier alpha value is -11.4. The fraction of sp³-hybridized carbons (Fsp3) is 0. The highest BCUT2D eigenvalue weighted by Crippen LogP contribution is 2.44. The minimum atomic E-state index is -0.0435. The second kappa shape index (κ2) is 19.6. The summed E-state index contributed by atoms with van der Waals surface area (Å²) in [6.45, 7) is -0.0435. The molecule has 0 unspecified atom stereocenters. The van der Waals surface area contributed by atoms with Gasteiger partial charge < -0.3 is 9.13 Å². The molecule has 0 radical (unpaired) electrons. The minimum Gasteiger partial charge on any atom is -0.310 e. The molecule has 0 N–H and O–H groups in total. The Bertz CT molecular complexity index is 4980. The van der Waals surface area contributed by atoms with Crippen LogP contribution in [0.4, 0.5) is 0 Å². The summed E-state index contributed by atoms with van der Waals surface area (Å²) >= 11 is 0. The summed E-state index contributed by atoms with van der Waals surface area (Å²) in [5, 5.41) is 4.95. The van der Waals surface area contributed by atoms with Gasteiger partial charge in [-0.1, -0.05) is 231 Å². The minimum absolute atomic E-state index is 0.0435. The molecule has 4 nitrogen and oxygen atoms in total. The third-order valence-corrected chi connectivity index (χ3v) is 18.3. The van der Waals surface area contributed by atoms with E-state index in [1.165, 1.54) is 82.3 Å². The monoisotopic (exact) mass is 1100 g/mol. The van der Waals surface area contributed by atoms with Gasteiger partial charge in [0.05, 0.1) is 22.4 Å². The van der Waals surface area contributed by atoms with E-state index in [9.17, 15) is 0 Å². The molecule has 87 heavy (non-hydrogen) atoms. The first-order valence-electron chi connectivity index (χ1n) is 30.0. The molecular weight excluding hydrogens is 1050 g/mol. The van der Waals surface area contributed by atoms with Gasteiger partial charge in [0.2, 0.25) is 0 Å². The lowest BCUT2D eigenvalue weighted by Gasteiger charge is -2.34. The van der Waals surface area contributed by atoms with Crippen LogP contribution >= 0.6 is 0 Å².